The molecule has 100 valence electrons. The van der Waals surface area contributed by atoms with Gasteiger partial charge in [0.25, 0.3) is 0 Å². The topological polar surface area (TPSA) is 0 Å². The van der Waals surface area contributed by atoms with E-state index in [9.17, 15) is 39.5 Å². The van der Waals surface area contributed by atoms with Gasteiger partial charge in [-0.15, -0.1) is 6.58 Å². The van der Waals surface area contributed by atoms with Crippen LogP contribution in [0.3, 0.4) is 0 Å². The maximum absolute atomic E-state index is 12.7. The van der Waals surface area contributed by atoms with Gasteiger partial charge >= 0.3 is 18.3 Å². The third-order valence-electron chi connectivity index (χ3n) is 1.59. The summed E-state index contributed by atoms with van der Waals surface area (Å²) in [6.45, 7) is 2.71. The fraction of sp³-hybridized carbons (Fsp3) is 0.500. The molecule has 0 N–H and O–H groups in total. The first-order valence-corrected chi connectivity index (χ1v) is 3.87. The minimum Gasteiger partial charge on any atom is -0.204 e. The summed E-state index contributed by atoms with van der Waals surface area (Å²) in [5.74, 6) is -9.74. The maximum atomic E-state index is 12.7. The molecular weight excluding hydrogens is 267 g/mol. The van der Waals surface area contributed by atoms with E-state index in [1.54, 1.807) is 0 Å². The lowest BCUT2D eigenvalue weighted by Crippen LogP contribution is -2.38. The average molecular weight is 272 g/mol. The summed E-state index contributed by atoms with van der Waals surface area (Å²) in [4.78, 5) is 0. The lowest BCUT2D eigenvalue weighted by atomic mass is 10.1. The summed E-state index contributed by atoms with van der Waals surface area (Å²) in [6, 6.07) is 0. The van der Waals surface area contributed by atoms with Gasteiger partial charge in [0, 0.05) is 0 Å². The van der Waals surface area contributed by atoms with E-state index in [0.717, 1.165) is 0 Å². The van der Waals surface area contributed by atoms with Crippen molar-refractivity contribution in [3.05, 3.63) is 24.1 Å². The van der Waals surface area contributed by atoms with E-state index in [0.29, 0.717) is 6.08 Å². The Labute approximate surface area is 89.4 Å². The fourth-order valence-corrected chi connectivity index (χ4v) is 0.788. The van der Waals surface area contributed by atoms with Crippen molar-refractivity contribution in [3.63, 3.8) is 0 Å². The van der Waals surface area contributed by atoms with Gasteiger partial charge < -0.3 is 0 Å². The van der Waals surface area contributed by atoms with Crippen molar-refractivity contribution in [2.24, 2.45) is 0 Å². The summed E-state index contributed by atoms with van der Waals surface area (Å²) in [5, 5.41) is 0. The Balaban J connectivity index is 5.74. The average Bonchev–Trinajstić information content (AvgIpc) is 2.09. The molecule has 0 aromatic heterocycles. The molecule has 0 saturated heterocycles. The van der Waals surface area contributed by atoms with Crippen LogP contribution in [0.4, 0.5) is 39.5 Å². The van der Waals surface area contributed by atoms with Gasteiger partial charge in [-0.1, -0.05) is 6.08 Å². The summed E-state index contributed by atoms with van der Waals surface area (Å²) in [5.41, 5.74) is -2.60. The smallest absolute Gasteiger partial charge is 0.204 e. The van der Waals surface area contributed by atoms with E-state index in [1.807, 2.05) is 0 Å². The zero-order valence-corrected chi connectivity index (χ0v) is 7.89. The van der Waals surface area contributed by atoms with Crippen molar-refractivity contribution in [1.82, 2.24) is 0 Å². The highest BCUT2D eigenvalue weighted by atomic mass is 19.4. The van der Waals surface area contributed by atoms with Crippen molar-refractivity contribution in [2.75, 3.05) is 0 Å². The number of allylic oxidation sites excluding steroid dienone is 3. The molecule has 0 unspecified atom stereocenters. The van der Waals surface area contributed by atoms with Crippen LogP contribution in [0.25, 0.3) is 0 Å². The Morgan fingerprint density at radius 3 is 1.59 bits per heavy atom. The maximum Gasteiger partial charge on any atom is 0.460 e. The van der Waals surface area contributed by atoms with Crippen molar-refractivity contribution in [2.45, 2.75) is 24.7 Å². The number of halogens is 9. The Kier molecular flexibility index (Phi) is 4.30. The molecule has 0 fully saturated rings. The third-order valence-corrected chi connectivity index (χ3v) is 1.59. The lowest BCUT2D eigenvalue weighted by molar-refractivity contribution is -0.272. The summed E-state index contributed by atoms with van der Waals surface area (Å²) >= 11 is 0. The molecule has 0 nitrogen and oxygen atoms in total. The van der Waals surface area contributed by atoms with E-state index < -0.39 is 36.1 Å². The van der Waals surface area contributed by atoms with Gasteiger partial charge in [-0.2, -0.15) is 35.1 Å². The Morgan fingerprint density at radius 1 is 0.941 bits per heavy atom. The number of rotatable bonds is 3. The monoisotopic (exact) mass is 272 g/mol. The van der Waals surface area contributed by atoms with E-state index in [1.165, 1.54) is 0 Å². The van der Waals surface area contributed by atoms with Gasteiger partial charge in [-0.05, 0) is 6.42 Å². The first kappa shape index (κ1) is 15.9. The minimum absolute atomic E-state index is 0.370. The summed E-state index contributed by atoms with van der Waals surface area (Å²) in [6.07, 6.45) is -13.2. The van der Waals surface area contributed by atoms with Crippen LogP contribution in [0.5, 0.6) is 0 Å². The molecule has 0 radical (unpaired) electrons. The zero-order valence-electron chi connectivity index (χ0n) is 7.89. The lowest BCUT2D eigenvalue weighted by Gasteiger charge is -2.21. The number of alkyl halides is 8. The Hall–Kier alpha value is -1.15. The highest BCUT2D eigenvalue weighted by Gasteiger charge is 2.63. The van der Waals surface area contributed by atoms with E-state index >= 15 is 0 Å². The minimum atomic E-state index is -6.44. The molecule has 0 atom stereocenters. The quantitative estimate of drug-likeness (QED) is 0.522. The van der Waals surface area contributed by atoms with Crippen LogP contribution in [0.1, 0.15) is 6.42 Å². The normalized spacial score (nSPS) is 15.6. The Bertz CT molecular complexity index is 317. The van der Waals surface area contributed by atoms with Gasteiger partial charge in [0.2, 0.25) is 0 Å². The molecule has 0 aromatic carbocycles. The molecule has 0 spiro atoms. The molecule has 0 saturated carbocycles. The molecule has 0 heterocycles. The molecule has 17 heavy (non-hydrogen) atoms. The molecule has 0 rings (SSSR count). The largest absolute Gasteiger partial charge is 0.460 e. The van der Waals surface area contributed by atoms with Crippen molar-refractivity contribution < 1.29 is 39.5 Å². The fourth-order valence-electron chi connectivity index (χ4n) is 0.788. The van der Waals surface area contributed by atoms with Crippen LogP contribution in [-0.4, -0.2) is 18.3 Å². The van der Waals surface area contributed by atoms with Crippen LogP contribution >= 0.6 is 0 Å². The summed E-state index contributed by atoms with van der Waals surface area (Å²) < 4.78 is 108. The number of hydrogen-bond donors (Lipinski definition) is 0. The highest BCUT2D eigenvalue weighted by molar-refractivity contribution is 5.23. The van der Waals surface area contributed by atoms with Crippen LogP contribution in [0.15, 0.2) is 24.1 Å². The molecule has 0 aliphatic carbocycles. The zero-order chi connectivity index (χ0) is 14.1. The van der Waals surface area contributed by atoms with E-state index in [4.69, 9.17) is 0 Å². The predicted octanol–water partition coefficient (Wildman–Crippen LogP) is 4.55. The van der Waals surface area contributed by atoms with Gasteiger partial charge in [-0.25, -0.2) is 4.39 Å². The van der Waals surface area contributed by atoms with Crippen LogP contribution in [-0.2, 0) is 0 Å². The summed E-state index contributed by atoms with van der Waals surface area (Å²) in [7, 11) is 0. The van der Waals surface area contributed by atoms with Gasteiger partial charge in [0.15, 0.2) is 5.83 Å². The second-order valence-electron chi connectivity index (χ2n) is 2.86. The molecule has 0 aliphatic heterocycles. The van der Waals surface area contributed by atoms with Crippen LogP contribution in [0, 0.1) is 0 Å². The standard InChI is InChI=1S/C8H5F9/c1-2-3-4(7(12,13)14)5(9)6(10,11)8(15,16)17/h2H,1,3H2/b5-4+. The molecule has 0 amide bonds. The molecule has 9 heteroatoms. The molecule has 0 aromatic rings. The molecular formula is C8H5F9. The van der Waals surface area contributed by atoms with Gasteiger partial charge in [-0.3, -0.25) is 0 Å². The first-order valence-electron chi connectivity index (χ1n) is 3.87. The predicted molar refractivity (Wildman–Crippen MR) is 40.0 cm³/mol. The first-order chi connectivity index (χ1) is 7.35. The van der Waals surface area contributed by atoms with Crippen molar-refractivity contribution in [3.8, 4) is 0 Å². The van der Waals surface area contributed by atoms with Gasteiger partial charge in [0.05, 0.1) is 5.57 Å². The molecule has 0 aliphatic rings. The second-order valence-corrected chi connectivity index (χ2v) is 2.86. The van der Waals surface area contributed by atoms with Crippen molar-refractivity contribution in [1.29, 1.82) is 0 Å². The highest BCUT2D eigenvalue weighted by Crippen LogP contribution is 2.46. The van der Waals surface area contributed by atoms with Crippen molar-refractivity contribution >= 4 is 0 Å². The SMILES string of the molecule is C=CC/C(=C(\F)C(F)(F)C(F)(F)F)C(F)(F)F. The van der Waals surface area contributed by atoms with Crippen LogP contribution in [0.2, 0.25) is 0 Å². The number of hydrogen-bond acceptors (Lipinski definition) is 0. The van der Waals surface area contributed by atoms with E-state index in [2.05, 4.69) is 6.58 Å². The third kappa shape index (κ3) is 3.40. The second kappa shape index (κ2) is 4.61. The Morgan fingerprint density at radius 2 is 1.35 bits per heavy atom. The molecule has 0 bridgehead atoms. The van der Waals surface area contributed by atoms with E-state index in [-0.39, 0.29) is 0 Å². The van der Waals surface area contributed by atoms with Crippen LogP contribution < -0.4 is 0 Å². The van der Waals surface area contributed by atoms with Gasteiger partial charge in [0.1, 0.15) is 0 Å².